The predicted molar refractivity (Wildman–Crippen MR) is 120 cm³/mol. The summed E-state index contributed by atoms with van der Waals surface area (Å²) in [5, 5.41) is 17.6. The monoisotopic (exact) mass is 432 g/mol. The zero-order valence-corrected chi connectivity index (χ0v) is 19.4. The van der Waals surface area contributed by atoms with Crippen molar-refractivity contribution in [3.05, 3.63) is 0 Å². The van der Waals surface area contributed by atoms with Crippen molar-refractivity contribution in [1.82, 2.24) is 16.0 Å². The van der Waals surface area contributed by atoms with Crippen LogP contribution in [0.25, 0.3) is 0 Å². The molecule has 0 aromatic rings. The maximum atomic E-state index is 13.3. The van der Waals surface area contributed by atoms with Crippen LogP contribution in [-0.4, -0.2) is 36.3 Å². The van der Waals surface area contributed by atoms with E-state index < -0.39 is 12.1 Å². The largest absolute Gasteiger partial charge is 0.356 e. The average molecular weight is 433 g/mol. The molecule has 1 heterocycles. The van der Waals surface area contributed by atoms with E-state index in [1.165, 1.54) is 12.8 Å². The van der Waals surface area contributed by atoms with Crippen LogP contribution in [0.1, 0.15) is 85.0 Å². The number of nitrogens with one attached hydrogen (secondary N) is 3. The normalized spacial score (nSPS) is 21.9. The second-order valence-corrected chi connectivity index (χ2v) is 9.86. The van der Waals surface area contributed by atoms with Crippen molar-refractivity contribution in [1.29, 1.82) is 5.26 Å². The fraction of sp³-hybridized carbons (Fsp3) is 0.833. The smallest absolute Gasteiger partial charge is 0.243 e. The number of carbonyl (C=O) groups is 3. The Hall–Kier alpha value is -2.10. The van der Waals surface area contributed by atoms with Crippen molar-refractivity contribution in [2.24, 2.45) is 23.7 Å². The van der Waals surface area contributed by atoms with Gasteiger partial charge in [-0.3, -0.25) is 14.4 Å². The molecule has 7 heteroatoms. The Morgan fingerprint density at radius 1 is 1.13 bits per heavy atom. The fourth-order valence-electron chi connectivity index (χ4n) is 4.93. The Kier molecular flexibility index (Phi) is 10.3. The van der Waals surface area contributed by atoms with Crippen molar-refractivity contribution >= 4 is 17.7 Å². The molecule has 2 unspecified atom stereocenters. The Morgan fingerprint density at radius 3 is 2.42 bits per heavy atom. The Labute approximate surface area is 187 Å². The summed E-state index contributed by atoms with van der Waals surface area (Å²) >= 11 is 0. The molecule has 3 N–H and O–H groups in total. The molecule has 0 aromatic heterocycles. The summed E-state index contributed by atoms with van der Waals surface area (Å²) < 4.78 is 0. The van der Waals surface area contributed by atoms with Crippen LogP contribution in [-0.2, 0) is 14.4 Å². The van der Waals surface area contributed by atoms with Crippen molar-refractivity contribution in [2.75, 3.05) is 6.54 Å². The lowest BCUT2D eigenvalue weighted by Gasteiger charge is -2.27. The maximum absolute atomic E-state index is 13.3. The molecule has 4 atom stereocenters. The molecule has 2 rings (SSSR count). The molecular formula is C24H40N4O3. The standard InChI is InChI=1S/C24H40N4O3/c1-16(2)12-21(24(31)27-17(3)14-25)28-23(30)20(19-9-5-6-10-19)11-7-4-8-18-13-22(29)26-15-18/h16-21H,4-13,15H2,1-3H3,(H,26,29)(H,27,31)(H,28,30)/t17?,18-,20-,21?/m1/s1. The summed E-state index contributed by atoms with van der Waals surface area (Å²) in [6.07, 6.45) is 9.49. The van der Waals surface area contributed by atoms with Gasteiger partial charge < -0.3 is 16.0 Å². The summed E-state index contributed by atoms with van der Waals surface area (Å²) in [5.41, 5.74) is 0. The highest BCUT2D eigenvalue weighted by Crippen LogP contribution is 2.34. The number of hydrogen-bond donors (Lipinski definition) is 3. The van der Waals surface area contributed by atoms with Gasteiger partial charge in [0, 0.05) is 18.9 Å². The molecule has 2 fully saturated rings. The second-order valence-electron chi connectivity index (χ2n) is 9.86. The minimum absolute atomic E-state index is 0.0185. The third-order valence-corrected chi connectivity index (χ3v) is 6.64. The van der Waals surface area contributed by atoms with Gasteiger partial charge in [0.25, 0.3) is 0 Å². The lowest BCUT2D eigenvalue weighted by Crippen LogP contribution is -2.51. The van der Waals surface area contributed by atoms with Crippen LogP contribution in [0.3, 0.4) is 0 Å². The van der Waals surface area contributed by atoms with Crippen molar-refractivity contribution < 1.29 is 14.4 Å². The van der Waals surface area contributed by atoms with E-state index in [9.17, 15) is 14.4 Å². The third-order valence-electron chi connectivity index (χ3n) is 6.64. The van der Waals surface area contributed by atoms with E-state index in [1.54, 1.807) is 6.92 Å². The first kappa shape index (κ1) is 25.2. The molecular weight excluding hydrogens is 392 g/mol. The summed E-state index contributed by atoms with van der Waals surface area (Å²) in [5.74, 6) is 0.842. The minimum atomic E-state index is -0.609. The quantitative estimate of drug-likeness (QED) is 0.412. The number of rotatable bonds is 12. The minimum Gasteiger partial charge on any atom is -0.356 e. The van der Waals surface area contributed by atoms with Crippen LogP contribution in [0, 0.1) is 35.0 Å². The van der Waals surface area contributed by atoms with E-state index in [0.29, 0.717) is 24.7 Å². The van der Waals surface area contributed by atoms with E-state index in [2.05, 4.69) is 16.0 Å². The van der Waals surface area contributed by atoms with Crippen molar-refractivity contribution in [3.8, 4) is 6.07 Å². The highest BCUT2D eigenvalue weighted by Gasteiger charge is 2.33. The summed E-state index contributed by atoms with van der Waals surface area (Å²) in [6.45, 7) is 6.47. The zero-order chi connectivity index (χ0) is 22.8. The van der Waals surface area contributed by atoms with Crippen LogP contribution in [0.4, 0.5) is 0 Å². The van der Waals surface area contributed by atoms with Gasteiger partial charge in [0.1, 0.15) is 12.1 Å². The van der Waals surface area contributed by atoms with Gasteiger partial charge in [-0.05, 0) is 56.8 Å². The van der Waals surface area contributed by atoms with Gasteiger partial charge in [-0.15, -0.1) is 0 Å². The highest BCUT2D eigenvalue weighted by molar-refractivity contribution is 5.88. The number of unbranched alkanes of at least 4 members (excludes halogenated alkanes) is 1. The number of amides is 3. The Morgan fingerprint density at radius 2 is 1.84 bits per heavy atom. The van der Waals surface area contributed by atoms with Crippen LogP contribution in [0.15, 0.2) is 0 Å². The lowest BCUT2D eigenvalue weighted by molar-refractivity contribution is -0.133. The molecule has 7 nitrogen and oxygen atoms in total. The van der Waals surface area contributed by atoms with Crippen molar-refractivity contribution in [3.63, 3.8) is 0 Å². The number of carbonyl (C=O) groups excluding carboxylic acids is 3. The second kappa shape index (κ2) is 12.7. The first-order valence-electron chi connectivity index (χ1n) is 12.1. The predicted octanol–water partition coefficient (Wildman–Crippen LogP) is 3.05. The topological polar surface area (TPSA) is 111 Å². The Bertz CT molecular complexity index is 652. The molecule has 3 amide bonds. The van der Waals surface area contributed by atoms with Gasteiger partial charge in [-0.2, -0.15) is 5.26 Å². The molecule has 0 spiro atoms. The summed E-state index contributed by atoms with van der Waals surface area (Å²) in [6, 6.07) is 0.824. The molecule has 1 saturated heterocycles. The van der Waals surface area contributed by atoms with E-state index in [0.717, 1.165) is 45.1 Å². The van der Waals surface area contributed by atoms with Gasteiger partial charge in [-0.1, -0.05) is 39.5 Å². The molecule has 31 heavy (non-hydrogen) atoms. The first-order valence-corrected chi connectivity index (χ1v) is 12.1. The van der Waals surface area contributed by atoms with E-state index in [-0.39, 0.29) is 29.6 Å². The number of nitriles is 1. The van der Waals surface area contributed by atoms with E-state index in [4.69, 9.17) is 5.26 Å². The molecule has 1 aliphatic carbocycles. The summed E-state index contributed by atoms with van der Waals surface area (Å²) in [7, 11) is 0. The number of nitrogens with zero attached hydrogens (tertiary/aromatic N) is 1. The average Bonchev–Trinajstić information content (AvgIpc) is 3.38. The molecule has 0 bridgehead atoms. The summed E-state index contributed by atoms with van der Waals surface area (Å²) in [4.78, 5) is 37.3. The van der Waals surface area contributed by atoms with E-state index in [1.807, 2.05) is 19.9 Å². The highest BCUT2D eigenvalue weighted by atomic mass is 16.2. The van der Waals surface area contributed by atoms with Crippen LogP contribution in [0.2, 0.25) is 0 Å². The van der Waals surface area contributed by atoms with Gasteiger partial charge in [-0.25, -0.2) is 0 Å². The zero-order valence-electron chi connectivity index (χ0n) is 19.4. The third kappa shape index (κ3) is 8.51. The van der Waals surface area contributed by atoms with Crippen molar-refractivity contribution in [2.45, 2.75) is 97.1 Å². The van der Waals surface area contributed by atoms with Gasteiger partial charge in [0.05, 0.1) is 6.07 Å². The first-order chi connectivity index (χ1) is 14.8. The molecule has 0 aromatic carbocycles. The number of hydrogen-bond acceptors (Lipinski definition) is 4. The van der Waals surface area contributed by atoms with Crippen LogP contribution >= 0.6 is 0 Å². The van der Waals surface area contributed by atoms with Gasteiger partial charge in [0.15, 0.2) is 0 Å². The van der Waals surface area contributed by atoms with E-state index >= 15 is 0 Å². The molecule has 174 valence electrons. The van der Waals surface area contributed by atoms with Gasteiger partial charge >= 0.3 is 0 Å². The molecule has 0 radical (unpaired) electrons. The Balaban J connectivity index is 1.93. The SMILES string of the molecule is CC(C)CC(NC(=O)[C@H](CCCC[C@H]1CNC(=O)C1)C1CCCC1)C(=O)NC(C)C#N. The van der Waals surface area contributed by atoms with Crippen LogP contribution in [0.5, 0.6) is 0 Å². The molecule has 1 saturated carbocycles. The molecule has 2 aliphatic rings. The fourth-order valence-corrected chi connectivity index (χ4v) is 4.93. The van der Waals surface area contributed by atoms with Gasteiger partial charge in [0.2, 0.25) is 17.7 Å². The maximum Gasteiger partial charge on any atom is 0.243 e. The van der Waals surface area contributed by atoms with Crippen LogP contribution < -0.4 is 16.0 Å². The lowest BCUT2D eigenvalue weighted by atomic mass is 9.84. The molecule has 1 aliphatic heterocycles.